The van der Waals surface area contributed by atoms with E-state index in [0.717, 1.165) is 24.8 Å². The van der Waals surface area contributed by atoms with Crippen molar-refractivity contribution < 1.29 is 13.2 Å². The van der Waals surface area contributed by atoms with Crippen LogP contribution < -0.4 is 11.1 Å². The molecule has 23 heavy (non-hydrogen) atoms. The Bertz CT molecular complexity index is 640. The largest absolute Gasteiger partial charge is 0.352 e. The van der Waals surface area contributed by atoms with Crippen LogP contribution >= 0.6 is 0 Å². The summed E-state index contributed by atoms with van der Waals surface area (Å²) in [7, 11) is -3.44. The van der Waals surface area contributed by atoms with E-state index in [2.05, 4.69) is 5.32 Å². The number of nitrogens with two attached hydrogens (primary N) is 1. The number of sulfonamides is 1. The third-order valence-corrected chi connectivity index (χ3v) is 6.01. The van der Waals surface area contributed by atoms with Crippen LogP contribution in [0.5, 0.6) is 0 Å². The van der Waals surface area contributed by atoms with Crippen LogP contribution in [0.2, 0.25) is 0 Å². The van der Waals surface area contributed by atoms with Gasteiger partial charge in [0.1, 0.15) is 0 Å². The van der Waals surface area contributed by atoms with Gasteiger partial charge in [0.25, 0.3) is 0 Å². The summed E-state index contributed by atoms with van der Waals surface area (Å²) in [4.78, 5) is 12.0. The summed E-state index contributed by atoms with van der Waals surface area (Å²) in [6.07, 6.45) is 2.90. The van der Waals surface area contributed by atoms with Crippen molar-refractivity contribution in [2.24, 2.45) is 11.7 Å². The molecular weight excluding hydrogens is 314 g/mol. The molecule has 1 aliphatic heterocycles. The molecule has 1 amide bonds. The topological polar surface area (TPSA) is 92.5 Å². The number of amides is 1. The van der Waals surface area contributed by atoms with Crippen LogP contribution in [0.3, 0.4) is 0 Å². The molecule has 6 nitrogen and oxygen atoms in total. The number of nitrogens with zero attached hydrogens (tertiary/aromatic N) is 1. The Hall–Kier alpha value is -1.44. The zero-order valence-electron chi connectivity index (χ0n) is 13.5. The molecule has 1 saturated heterocycles. The van der Waals surface area contributed by atoms with E-state index >= 15 is 0 Å². The number of piperidine rings is 1. The average molecular weight is 339 g/mol. The number of hydrogen-bond donors (Lipinski definition) is 2. The monoisotopic (exact) mass is 339 g/mol. The fourth-order valence-electron chi connectivity index (χ4n) is 2.54. The summed E-state index contributed by atoms with van der Waals surface area (Å²) in [6.45, 7) is 3.50. The van der Waals surface area contributed by atoms with Gasteiger partial charge in [-0.2, -0.15) is 4.31 Å². The number of nitrogens with one attached hydrogen (secondary N) is 1. The highest BCUT2D eigenvalue weighted by molar-refractivity contribution is 7.89. The second-order valence-corrected chi connectivity index (χ2v) is 7.90. The van der Waals surface area contributed by atoms with Gasteiger partial charge in [-0.05, 0) is 30.5 Å². The van der Waals surface area contributed by atoms with Gasteiger partial charge < -0.3 is 11.1 Å². The first-order valence-electron chi connectivity index (χ1n) is 8.02. The van der Waals surface area contributed by atoms with Gasteiger partial charge in [-0.1, -0.05) is 25.5 Å². The van der Waals surface area contributed by atoms with Gasteiger partial charge in [-0.25, -0.2) is 8.42 Å². The molecule has 7 heteroatoms. The fraction of sp³-hybridized carbons (Fsp3) is 0.562. The first-order valence-corrected chi connectivity index (χ1v) is 9.46. The third kappa shape index (κ3) is 4.53. The lowest BCUT2D eigenvalue weighted by Gasteiger charge is -2.26. The maximum atomic E-state index is 12.7. The molecule has 1 unspecified atom stereocenters. The van der Waals surface area contributed by atoms with E-state index in [1.165, 1.54) is 0 Å². The molecule has 1 aliphatic rings. The molecule has 0 bridgehead atoms. The Morgan fingerprint density at radius 1 is 1.30 bits per heavy atom. The van der Waals surface area contributed by atoms with Gasteiger partial charge in [0.05, 0.1) is 4.90 Å². The van der Waals surface area contributed by atoms with Crippen LogP contribution in [0.4, 0.5) is 0 Å². The molecule has 0 saturated carbocycles. The second-order valence-electron chi connectivity index (χ2n) is 5.97. The SMILES string of the molecule is CC(CN)C(=O)NCc1cccc(S(=O)(=O)N2CCCCC2)c1. The summed E-state index contributed by atoms with van der Waals surface area (Å²) in [6, 6.07) is 6.77. The maximum absolute atomic E-state index is 12.7. The smallest absolute Gasteiger partial charge is 0.243 e. The Morgan fingerprint density at radius 2 is 2.00 bits per heavy atom. The van der Waals surface area contributed by atoms with Crippen LogP contribution in [0, 0.1) is 5.92 Å². The highest BCUT2D eigenvalue weighted by Crippen LogP contribution is 2.21. The van der Waals surface area contributed by atoms with Crippen LogP contribution in [-0.2, 0) is 21.4 Å². The Balaban J connectivity index is 2.08. The minimum absolute atomic E-state index is 0.128. The van der Waals surface area contributed by atoms with Crippen molar-refractivity contribution in [2.75, 3.05) is 19.6 Å². The average Bonchev–Trinajstić information content (AvgIpc) is 2.60. The second kappa shape index (κ2) is 7.90. The van der Waals surface area contributed by atoms with Crippen LogP contribution in [0.15, 0.2) is 29.2 Å². The van der Waals surface area contributed by atoms with Gasteiger partial charge >= 0.3 is 0 Å². The lowest BCUT2D eigenvalue weighted by atomic mass is 10.1. The molecule has 1 fully saturated rings. The molecule has 0 radical (unpaired) electrons. The summed E-state index contributed by atoms with van der Waals surface area (Å²) in [5, 5.41) is 2.78. The lowest BCUT2D eigenvalue weighted by Crippen LogP contribution is -2.35. The first kappa shape index (κ1) is 17.9. The van der Waals surface area contributed by atoms with Crippen molar-refractivity contribution in [1.82, 2.24) is 9.62 Å². The molecule has 1 atom stereocenters. The zero-order chi connectivity index (χ0) is 16.9. The van der Waals surface area contributed by atoms with Gasteiger partial charge in [0.2, 0.25) is 15.9 Å². The molecule has 1 heterocycles. The highest BCUT2D eigenvalue weighted by atomic mass is 32.2. The molecule has 128 valence electrons. The molecule has 1 aromatic rings. The van der Waals surface area contributed by atoms with Crippen LogP contribution in [0.25, 0.3) is 0 Å². The van der Waals surface area contributed by atoms with Crippen molar-refractivity contribution in [2.45, 2.75) is 37.6 Å². The number of rotatable bonds is 6. The number of hydrogen-bond acceptors (Lipinski definition) is 4. The lowest BCUT2D eigenvalue weighted by molar-refractivity contribution is -0.124. The van der Waals surface area contributed by atoms with E-state index in [9.17, 15) is 13.2 Å². The number of carbonyl (C=O) groups is 1. The van der Waals surface area contributed by atoms with Gasteiger partial charge in [-0.3, -0.25) is 4.79 Å². The van der Waals surface area contributed by atoms with E-state index < -0.39 is 10.0 Å². The molecule has 1 aromatic carbocycles. The molecule has 0 spiro atoms. The van der Waals surface area contributed by atoms with Gasteiger partial charge in [-0.15, -0.1) is 0 Å². The summed E-state index contributed by atoms with van der Waals surface area (Å²) >= 11 is 0. The molecule has 0 aliphatic carbocycles. The zero-order valence-corrected chi connectivity index (χ0v) is 14.3. The van der Waals surface area contributed by atoms with E-state index in [-0.39, 0.29) is 23.3 Å². The van der Waals surface area contributed by atoms with Crippen molar-refractivity contribution >= 4 is 15.9 Å². The molecule has 3 N–H and O–H groups in total. The van der Waals surface area contributed by atoms with E-state index in [0.29, 0.717) is 19.6 Å². The van der Waals surface area contributed by atoms with E-state index in [1.54, 1.807) is 29.4 Å². The quantitative estimate of drug-likeness (QED) is 0.811. The van der Waals surface area contributed by atoms with Crippen LogP contribution in [0.1, 0.15) is 31.7 Å². The predicted molar refractivity (Wildman–Crippen MR) is 89.1 cm³/mol. The minimum atomic E-state index is -3.44. The third-order valence-electron chi connectivity index (χ3n) is 4.12. The number of carbonyl (C=O) groups excluding carboxylic acids is 1. The Labute approximate surface area is 138 Å². The Morgan fingerprint density at radius 3 is 2.65 bits per heavy atom. The molecular formula is C16H25N3O3S. The number of benzene rings is 1. The molecule has 0 aromatic heterocycles. The molecule has 2 rings (SSSR count). The minimum Gasteiger partial charge on any atom is -0.352 e. The normalized spacial score (nSPS) is 17.7. The summed E-state index contributed by atoms with van der Waals surface area (Å²) < 4.78 is 26.9. The highest BCUT2D eigenvalue weighted by Gasteiger charge is 2.25. The van der Waals surface area contributed by atoms with Crippen molar-refractivity contribution in [1.29, 1.82) is 0 Å². The maximum Gasteiger partial charge on any atom is 0.243 e. The fourth-order valence-corrected chi connectivity index (χ4v) is 4.13. The summed E-state index contributed by atoms with van der Waals surface area (Å²) in [5.41, 5.74) is 6.22. The summed E-state index contributed by atoms with van der Waals surface area (Å²) in [5.74, 6) is -0.382. The van der Waals surface area contributed by atoms with Crippen LogP contribution in [-0.4, -0.2) is 38.3 Å². The first-order chi connectivity index (χ1) is 10.9. The predicted octanol–water partition coefficient (Wildman–Crippen LogP) is 1.07. The Kier molecular flexibility index (Phi) is 6.15. The van der Waals surface area contributed by atoms with Gasteiger partial charge in [0.15, 0.2) is 0 Å². The van der Waals surface area contributed by atoms with Crippen molar-refractivity contribution in [3.63, 3.8) is 0 Å². The van der Waals surface area contributed by atoms with Gasteiger partial charge in [0, 0.05) is 32.1 Å². The van der Waals surface area contributed by atoms with Crippen molar-refractivity contribution in [3.05, 3.63) is 29.8 Å². The standard InChI is InChI=1S/C16H25N3O3S/c1-13(11-17)16(20)18-12-14-6-5-7-15(10-14)23(21,22)19-8-3-2-4-9-19/h5-7,10,13H,2-4,8-9,11-12,17H2,1H3,(H,18,20). The van der Waals surface area contributed by atoms with E-state index in [4.69, 9.17) is 5.73 Å². The van der Waals surface area contributed by atoms with Crippen molar-refractivity contribution in [3.8, 4) is 0 Å². The van der Waals surface area contributed by atoms with E-state index in [1.807, 2.05) is 6.07 Å².